The van der Waals surface area contributed by atoms with Gasteiger partial charge in [-0.05, 0) is 331 Å². The molecule has 4 aromatic carbocycles. The average Bonchev–Trinajstić information content (AvgIpc) is 1.45. The van der Waals surface area contributed by atoms with Gasteiger partial charge in [-0.2, -0.15) is 20.5 Å². The zero-order valence-electron chi connectivity index (χ0n) is 75.0. The van der Waals surface area contributed by atoms with Crippen molar-refractivity contribution in [2.45, 2.75) is 339 Å². The Morgan fingerprint density at radius 2 is 0.737 bits per heavy atom. The highest BCUT2D eigenvalue weighted by Gasteiger charge is 2.61. The van der Waals surface area contributed by atoms with E-state index in [1.165, 1.54) is 141 Å². The van der Waals surface area contributed by atoms with E-state index >= 15 is 0 Å². The molecule has 6 saturated carbocycles. The molecule has 0 amide bonds. The number of carbonyl (C=O) groups is 4. The van der Waals surface area contributed by atoms with E-state index in [9.17, 15) is 19.2 Å². The molecule has 0 unspecified atom stereocenters. The van der Waals surface area contributed by atoms with Crippen molar-refractivity contribution in [2.75, 3.05) is 26.4 Å². The Hall–Kier alpha value is -6.96. The Balaban J connectivity index is 0.000000231. The molecule has 118 heavy (non-hydrogen) atoms. The quantitative estimate of drug-likeness (QED) is 0.0137. The summed E-state index contributed by atoms with van der Waals surface area (Å²) in [6.45, 7) is 31.6. The molecule has 16 atom stereocenters. The highest BCUT2D eigenvalue weighted by molar-refractivity contribution is 5.90. The molecule has 0 saturated heterocycles. The van der Waals surface area contributed by atoms with Gasteiger partial charge in [0.05, 0.1) is 60.3 Å². The zero-order valence-corrected chi connectivity index (χ0v) is 75.0. The largest absolute Gasteiger partial charge is 0.494 e. The molecule has 0 bridgehead atoms. The van der Waals surface area contributed by atoms with Crippen LogP contribution in [0.3, 0.4) is 0 Å². The van der Waals surface area contributed by atoms with Crippen LogP contribution in [0.2, 0.25) is 0 Å². The summed E-state index contributed by atoms with van der Waals surface area (Å²) in [6.07, 6.45) is 48.0. The lowest BCUT2D eigenvalue weighted by molar-refractivity contribution is -0.152. The van der Waals surface area contributed by atoms with Gasteiger partial charge in [0.1, 0.15) is 23.7 Å². The van der Waals surface area contributed by atoms with Crippen LogP contribution >= 0.6 is 0 Å². The van der Waals surface area contributed by atoms with E-state index in [4.69, 9.17) is 28.4 Å². The van der Waals surface area contributed by atoms with E-state index in [1.54, 1.807) is 59.7 Å². The van der Waals surface area contributed by atoms with Crippen molar-refractivity contribution >= 4 is 46.6 Å². The van der Waals surface area contributed by atoms with Crippen LogP contribution in [0.1, 0.15) is 348 Å². The van der Waals surface area contributed by atoms with Crippen molar-refractivity contribution in [2.24, 2.45) is 113 Å². The molecule has 8 aliphatic rings. The van der Waals surface area contributed by atoms with Gasteiger partial charge in [0, 0.05) is 25.7 Å². The molecule has 0 aromatic heterocycles. The number of allylic oxidation sites excluding steroid dienone is 2. The van der Waals surface area contributed by atoms with Crippen LogP contribution < -0.4 is 9.47 Å². The monoisotopic (exact) mass is 1620 g/mol. The Labute approximate surface area is 712 Å². The summed E-state index contributed by atoms with van der Waals surface area (Å²) in [5, 5.41) is 17.2. The second-order valence-corrected chi connectivity index (χ2v) is 39.5. The molecule has 4 aromatic rings. The molecule has 0 aliphatic heterocycles. The topological polar surface area (TPSA) is 173 Å². The van der Waals surface area contributed by atoms with E-state index < -0.39 is 0 Å². The van der Waals surface area contributed by atoms with Crippen molar-refractivity contribution < 1.29 is 47.6 Å². The molecule has 0 spiro atoms. The van der Waals surface area contributed by atoms with Gasteiger partial charge in [0.15, 0.2) is 0 Å². The van der Waals surface area contributed by atoms with Crippen LogP contribution in [-0.4, -0.2) is 62.5 Å². The number of nitrogens with zero attached hydrogens (tertiary/aromatic N) is 4. The standard InChI is InChI=1S/2C52H76N2O5/c2*1-7-8-9-12-34-57-43-25-23-42(24-26-43)54-53-41-21-18-39(19-22-41)50(56)58-35-13-10-11-17-49(55)59-44-30-32-51(5)40(36-44)20-27-45-47-29-28-46(38(4)16-14-15-37(2)3)52(47,6)33-31-48(45)51/h2*18-26,37-38,44-48H,7-17,27-36H2,1-6H3/t2*38-,44+,45+,46-,47+,48+,51+,52-/m11/s1. The number of carbonyl (C=O) groups excluding carboxylic acids is 4. The second kappa shape index (κ2) is 44.7. The van der Waals surface area contributed by atoms with Gasteiger partial charge >= 0.3 is 23.9 Å². The lowest BCUT2D eigenvalue weighted by Gasteiger charge is -2.58. The first-order valence-corrected chi connectivity index (χ1v) is 47.6. The van der Waals surface area contributed by atoms with Crippen LogP contribution in [-0.2, 0) is 28.5 Å². The maximum atomic E-state index is 12.9. The average molecular weight is 1620 g/mol. The van der Waals surface area contributed by atoms with Gasteiger partial charge < -0.3 is 28.4 Å². The van der Waals surface area contributed by atoms with Gasteiger partial charge in [0.25, 0.3) is 0 Å². The Morgan fingerprint density at radius 1 is 0.381 bits per heavy atom. The van der Waals surface area contributed by atoms with Crippen LogP contribution in [0, 0.1) is 92.7 Å². The van der Waals surface area contributed by atoms with Gasteiger partial charge in [-0.15, -0.1) is 0 Å². The van der Waals surface area contributed by atoms with Gasteiger partial charge in [-0.3, -0.25) is 9.59 Å². The minimum atomic E-state index is -0.359. The first-order chi connectivity index (χ1) is 57.0. The molecule has 8 aliphatic carbocycles. The predicted molar refractivity (Wildman–Crippen MR) is 477 cm³/mol. The SMILES string of the molecule is CCCCCCOc1ccc(N=Nc2ccc(C(=O)OCCCCCC(=O)O[C@H]3CC[C@@]4(C)C(=CC[C@H]5[C@@H]6CC[C@H]([C@H](C)CCCC(C)C)[C@@]6(C)CC[C@@H]54)C3)cc2)cc1.CCCCCCOc1ccc(N=Nc2ccc(C(=O)OCCCCCC(=O)O[C@H]3CC[C@@]4(C)C(=CC[C@H]5[C@@H]6CC[C@H]([C@H](C)CCCC(C)C)[C@@]6(C)CC[C@@H]54)C3)cc2)cc1. The number of esters is 4. The number of ether oxygens (including phenoxy) is 6. The van der Waals surface area contributed by atoms with Gasteiger partial charge in [0.2, 0.25) is 0 Å². The van der Waals surface area contributed by atoms with Crippen LogP contribution in [0.15, 0.2) is 141 Å². The van der Waals surface area contributed by atoms with Crippen molar-refractivity contribution in [3.8, 4) is 11.5 Å². The lowest BCUT2D eigenvalue weighted by Crippen LogP contribution is -2.51. The van der Waals surface area contributed by atoms with Crippen molar-refractivity contribution in [3.05, 3.63) is 131 Å². The van der Waals surface area contributed by atoms with Crippen LogP contribution in [0.25, 0.3) is 0 Å². The number of unbranched alkanes of at least 4 members (excludes halogenated alkanes) is 10. The molecule has 0 N–H and O–H groups in total. The van der Waals surface area contributed by atoms with Crippen LogP contribution in [0.5, 0.6) is 11.5 Å². The molecule has 12 rings (SSSR count). The second-order valence-electron chi connectivity index (χ2n) is 39.5. The van der Waals surface area contributed by atoms with Crippen molar-refractivity contribution in [1.82, 2.24) is 0 Å². The summed E-state index contributed by atoms with van der Waals surface area (Å²) in [7, 11) is 0. The van der Waals surface area contributed by atoms with Crippen molar-refractivity contribution in [3.63, 3.8) is 0 Å². The van der Waals surface area contributed by atoms with E-state index in [1.807, 2.05) is 48.5 Å². The number of fused-ring (bicyclic) bond motifs is 10. The van der Waals surface area contributed by atoms with Crippen molar-refractivity contribution in [1.29, 1.82) is 0 Å². The van der Waals surface area contributed by atoms with E-state index in [0.29, 0.717) is 72.2 Å². The predicted octanol–water partition coefficient (Wildman–Crippen LogP) is 29.5. The third kappa shape index (κ3) is 24.7. The third-order valence-corrected chi connectivity index (χ3v) is 30.6. The summed E-state index contributed by atoms with van der Waals surface area (Å²) < 4.78 is 34.8. The summed E-state index contributed by atoms with van der Waals surface area (Å²) >= 11 is 0. The maximum Gasteiger partial charge on any atom is 0.338 e. The van der Waals surface area contributed by atoms with E-state index in [-0.39, 0.29) is 46.9 Å². The first kappa shape index (κ1) is 91.8. The number of rotatable bonds is 42. The van der Waals surface area contributed by atoms with E-state index in [2.05, 4.69) is 116 Å². The molecule has 14 nitrogen and oxygen atoms in total. The fourth-order valence-corrected chi connectivity index (χ4v) is 23.8. The molecule has 6 fully saturated rings. The number of benzene rings is 4. The maximum absolute atomic E-state index is 12.9. The fourth-order valence-electron chi connectivity index (χ4n) is 23.8. The molecule has 0 heterocycles. The number of hydrogen-bond acceptors (Lipinski definition) is 14. The summed E-state index contributed by atoms with van der Waals surface area (Å²) in [5.74, 6) is 10.8. The third-order valence-electron chi connectivity index (χ3n) is 30.6. The molecule has 14 heteroatoms. The summed E-state index contributed by atoms with van der Waals surface area (Å²) in [6, 6.07) is 29.1. The summed E-state index contributed by atoms with van der Waals surface area (Å²) in [4.78, 5) is 51.1. The minimum absolute atomic E-state index is 0.0000351. The van der Waals surface area contributed by atoms with Crippen LogP contribution in [0.4, 0.5) is 22.7 Å². The van der Waals surface area contributed by atoms with Gasteiger partial charge in [-0.1, -0.05) is 183 Å². The molecular formula is C104H152N4O10. The number of azo groups is 2. The lowest BCUT2D eigenvalue weighted by atomic mass is 9.47. The zero-order chi connectivity index (χ0) is 83.7. The molecule has 648 valence electrons. The first-order valence-electron chi connectivity index (χ1n) is 47.6. The molecule has 0 radical (unpaired) electrons. The van der Waals surface area contributed by atoms with E-state index in [0.717, 1.165) is 184 Å². The Bertz CT molecular complexity index is 3650. The summed E-state index contributed by atoms with van der Waals surface area (Å²) in [5.41, 5.74) is 8.41. The van der Waals surface area contributed by atoms with Gasteiger partial charge in [-0.25, -0.2) is 9.59 Å². The molecular weight excluding hydrogens is 1470 g/mol. The smallest absolute Gasteiger partial charge is 0.338 e. The number of hydrogen-bond donors (Lipinski definition) is 0. The minimum Gasteiger partial charge on any atom is -0.494 e. The normalized spacial score (nSPS) is 28.1. The Kier molecular flexibility index (Phi) is 34.8. The fraction of sp³-hybridized carbons (Fsp3) is 0.692. The highest BCUT2D eigenvalue weighted by atomic mass is 16.6. The highest BCUT2D eigenvalue weighted by Crippen LogP contribution is 2.69. The Morgan fingerprint density at radius 3 is 1.10 bits per heavy atom.